The van der Waals surface area contributed by atoms with E-state index in [0.29, 0.717) is 17.6 Å². The second-order valence-electron chi connectivity index (χ2n) is 18.7. The molecule has 308 valence electrons. The fourth-order valence-electron chi connectivity index (χ4n) is 10.5. The van der Waals surface area contributed by atoms with Crippen LogP contribution in [0, 0.1) is 0 Å². The van der Waals surface area contributed by atoms with Crippen molar-refractivity contribution in [3.63, 3.8) is 0 Å². The third kappa shape index (κ3) is 6.02. The second kappa shape index (κ2) is 14.5. The van der Waals surface area contributed by atoms with Crippen molar-refractivity contribution in [2.24, 2.45) is 0 Å². The van der Waals surface area contributed by atoms with E-state index in [2.05, 4.69) is 225 Å². The van der Waals surface area contributed by atoms with E-state index in [1.807, 2.05) is 0 Å². The molecule has 0 saturated carbocycles. The van der Waals surface area contributed by atoms with Crippen molar-refractivity contribution in [3.05, 3.63) is 199 Å². The minimum absolute atomic E-state index is 0.0239. The van der Waals surface area contributed by atoms with Crippen molar-refractivity contribution >= 4 is 43.6 Å². The third-order valence-electron chi connectivity index (χ3n) is 13.9. The molecule has 0 N–H and O–H groups in total. The predicted molar refractivity (Wildman–Crippen MR) is 266 cm³/mol. The Morgan fingerprint density at radius 3 is 1.34 bits per heavy atom. The lowest BCUT2D eigenvalue weighted by atomic mass is 9.62. The molecule has 12 rings (SSSR count). The van der Waals surface area contributed by atoms with Crippen LogP contribution in [-0.2, 0) is 10.8 Å². The van der Waals surface area contributed by atoms with Gasteiger partial charge < -0.3 is 4.57 Å². The van der Waals surface area contributed by atoms with Gasteiger partial charge in [0.1, 0.15) is 0 Å². The summed E-state index contributed by atoms with van der Waals surface area (Å²) in [4.78, 5) is 16.1. The van der Waals surface area contributed by atoms with Gasteiger partial charge in [-0.1, -0.05) is 198 Å². The van der Waals surface area contributed by atoms with Gasteiger partial charge in [0.15, 0.2) is 11.6 Å². The first-order valence-electron chi connectivity index (χ1n) is 22.4. The Bertz CT molecular complexity index is 3480. The average molecular weight is 826 g/mol. The molecule has 8 aromatic carbocycles. The largest absolute Gasteiger partial charge is 0.307 e. The van der Waals surface area contributed by atoms with E-state index < -0.39 is 0 Å². The van der Waals surface area contributed by atoms with E-state index >= 15 is 0 Å². The van der Waals surface area contributed by atoms with Crippen molar-refractivity contribution in [1.29, 1.82) is 0 Å². The van der Waals surface area contributed by atoms with Crippen LogP contribution in [0.25, 0.3) is 100 Å². The van der Waals surface area contributed by atoms with Gasteiger partial charge in [0, 0.05) is 32.7 Å². The van der Waals surface area contributed by atoms with E-state index in [4.69, 9.17) is 15.0 Å². The topological polar surface area (TPSA) is 48.5 Å². The maximum Gasteiger partial charge on any atom is 0.238 e. The number of hydrogen-bond donors (Lipinski definition) is 0. The Balaban J connectivity index is 1.16. The molecule has 3 aromatic heterocycles. The highest BCUT2D eigenvalue weighted by molar-refractivity contribution is 6.23. The van der Waals surface area contributed by atoms with Gasteiger partial charge in [0.25, 0.3) is 0 Å². The highest BCUT2D eigenvalue weighted by Crippen LogP contribution is 2.50. The number of aromatic nitrogens is 5. The lowest BCUT2D eigenvalue weighted by molar-refractivity contribution is 0.331. The maximum absolute atomic E-state index is 5.45. The molecule has 1 aliphatic carbocycles. The monoisotopic (exact) mass is 825 g/mol. The lowest BCUT2D eigenvalue weighted by Crippen LogP contribution is -2.35. The fourth-order valence-corrected chi connectivity index (χ4v) is 10.5. The van der Waals surface area contributed by atoms with Crippen LogP contribution in [-0.4, -0.2) is 24.1 Å². The quantitative estimate of drug-likeness (QED) is 0.168. The van der Waals surface area contributed by atoms with Crippen LogP contribution in [0.3, 0.4) is 0 Å². The number of rotatable bonds is 6. The van der Waals surface area contributed by atoms with Gasteiger partial charge in [-0.05, 0) is 75.3 Å². The van der Waals surface area contributed by atoms with E-state index in [1.54, 1.807) is 0 Å². The van der Waals surface area contributed by atoms with Gasteiger partial charge in [0.05, 0.1) is 27.8 Å². The molecule has 3 heterocycles. The smallest absolute Gasteiger partial charge is 0.238 e. The number of para-hydroxylation sites is 2. The molecular weight excluding hydrogens is 779 g/mol. The summed E-state index contributed by atoms with van der Waals surface area (Å²) in [6.07, 6.45) is 2.27. The molecule has 0 atom stereocenters. The molecule has 11 aromatic rings. The molecule has 5 heteroatoms. The van der Waals surface area contributed by atoms with Gasteiger partial charge in [-0.25, -0.2) is 4.98 Å². The Kier molecular flexibility index (Phi) is 8.61. The molecule has 0 fully saturated rings. The highest BCUT2D eigenvalue weighted by Gasteiger charge is 2.39. The van der Waals surface area contributed by atoms with E-state index in [9.17, 15) is 0 Å². The van der Waals surface area contributed by atoms with E-state index in [-0.39, 0.29) is 10.8 Å². The van der Waals surface area contributed by atoms with Crippen LogP contribution in [0.5, 0.6) is 0 Å². The molecule has 0 bridgehead atoms. The van der Waals surface area contributed by atoms with Crippen LogP contribution < -0.4 is 0 Å². The zero-order chi connectivity index (χ0) is 43.2. The third-order valence-corrected chi connectivity index (χ3v) is 13.9. The van der Waals surface area contributed by atoms with Crippen molar-refractivity contribution < 1.29 is 0 Å². The summed E-state index contributed by atoms with van der Waals surface area (Å²) >= 11 is 0. The molecule has 0 spiro atoms. The lowest BCUT2D eigenvalue weighted by Gasteiger charge is -2.43. The van der Waals surface area contributed by atoms with Crippen molar-refractivity contribution in [3.8, 4) is 56.7 Å². The molecule has 0 saturated heterocycles. The molecule has 64 heavy (non-hydrogen) atoms. The Morgan fingerprint density at radius 1 is 0.359 bits per heavy atom. The summed E-state index contributed by atoms with van der Waals surface area (Å²) < 4.78 is 4.86. The number of hydrogen-bond acceptors (Lipinski definition) is 3. The summed E-state index contributed by atoms with van der Waals surface area (Å²) in [5.41, 5.74) is 15.0. The van der Waals surface area contributed by atoms with Crippen molar-refractivity contribution in [2.45, 2.75) is 51.4 Å². The van der Waals surface area contributed by atoms with Gasteiger partial charge in [-0.2, -0.15) is 9.97 Å². The Hall–Kier alpha value is -7.63. The van der Waals surface area contributed by atoms with Gasteiger partial charge in [-0.3, -0.25) is 4.57 Å². The molecular formula is C59H47N5. The van der Waals surface area contributed by atoms with E-state index in [1.165, 1.54) is 44.2 Å². The summed E-state index contributed by atoms with van der Waals surface area (Å²) in [6.45, 7) is 9.68. The first-order valence-corrected chi connectivity index (χ1v) is 22.4. The van der Waals surface area contributed by atoms with Gasteiger partial charge >= 0.3 is 0 Å². The molecule has 0 amide bonds. The zero-order valence-corrected chi connectivity index (χ0v) is 36.5. The normalized spacial score (nSPS) is 14.4. The maximum atomic E-state index is 5.45. The number of benzene rings is 8. The molecule has 0 unspecified atom stereocenters. The summed E-state index contributed by atoms with van der Waals surface area (Å²) in [6, 6.07) is 67.3. The fraction of sp³-hybridized carbons (Fsp3) is 0.136. The van der Waals surface area contributed by atoms with Gasteiger partial charge in [0.2, 0.25) is 5.95 Å². The summed E-state index contributed by atoms with van der Waals surface area (Å²) in [5.74, 6) is 1.81. The van der Waals surface area contributed by atoms with Crippen LogP contribution in [0.2, 0.25) is 0 Å². The first kappa shape index (κ1) is 38.1. The molecule has 5 nitrogen and oxygen atoms in total. The zero-order valence-electron chi connectivity index (χ0n) is 36.5. The van der Waals surface area contributed by atoms with Crippen molar-refractivity contribution in [1.82, 2.24) is 24.1 Å². The standard InChI is InChI=1S/C59H47N5/c1-58(2)36-37-59(3,4)52-48(58)22-15-25-51(52)63-49-23-13-11-20-44(49)46-34-35-47-45-21-12-14-24-50(45)64(54(47)53(46)63)57-61-55(42-30-26-40(27-31-42)38-16-7-5-8-17-38)60-56(62-57)43-32-28-41(29-33-43)39-18-9-6-10-19-39/h5-35H,36-37H2,1-4H3. The minimum atomic E-state index is -0.0239. The van der Waals surface area contributed by atoms with Crippen LogP contribution >= 0.6 is 0 Å². The first-order chi connectivity index (χ1) is 31.2. The molecule has 1 aliphatic rings. The number of fused-ring (bicyclic) bond motifs is 8. The Labute approximate surface area is 373 Å². The highest BCUT2D eigenvalue weighted by atomic mass is 15.2. The molecule has 0 radical (unpaired) electrons. The minimum Gasteiger partial charge on any atom is -0.307 e. The van der Waals surface area contributed by atoms with Crippen LogP contribution in [0.15, 0.2) is 188 Å². The van der Waals surface area contributed by atoms with Gasteiger partial charge in [-0.15, -0.1) is 0 Å². The predicted octanol–water partition coefficient (Wildman–Crippen LogP) is 15.1. The van der Waals surface area contributed by atoms with E-state index in [0.717, 1.165) is 62.4 Å². The van der Waals surface area contributed by atoms with Crippen LogP contribution in [0.1, 0.15) is 51.7 Å². The summed E-state index contributed by atoms with van der Waals surface area (Å²) in [7, 11) is 0. The average Bonchev–Trinajstić information content (AvgIpc) is 3.87. The second-order valence-corrected chi connectivity index (χ2v) is 18.7. The van der Waals surface area contributed by atoms with Crippen molar-refractivity contribution in [2.75, 3.05) is 0 Å². The SMILES string of the molecule is CC1(C)CCC(C)(C)c2c(-n3c4ccccc4c4ccc5c6ccccc6n(-c6nc(-c7ccc(-c8ccccc8)cc7)nc(-c7ccc(-c8ccccc8)cc7)n6)c5c43)cccc21. The Morgan fingerprint density at radius 2 is 0.797 bits per heavy atom. The molecule has 0 aliphatic heterocycles. The van der Waals surface area contributed by atoms with Crippen LogP contribution in [0.4, 0.5) is 0 Å². The summed E-state index contributed by atoms with van der Waals surface area (Å²) in [5, 5.41) is 4.71. The number of nitrogens with zero attached hydrogens (tertiary/aromatic N) is 5.